The SMILES string of the molecule is CC(C)(C)C(CCCl)CCCN. The van der Waals surface area contributed by atoms with Crippen LogP contribution in [0.2, 0.25) is 0 Å². The summed E-state index contributed by atoms with van der Waals surface area (Å²) < 4.78 is 0. The van der Waals surface area contributed by atoms with E-state index in [2.05, 4.69) is 20.8 Å². The second-order valence-electron chi connectivity index (χ2n) is 4.47. The third-order valence-electron chi connectivity index (χ3n) is 2.44. The summed E-state index contributed by atoms with van der Waals surface area (Å²) in [6.07, 6.45) is 3.45. The lowest BCUT2D eigenvalue weighted by Crippen LogP contribution is -2.21. The fourth-order valence-corrected chi connectivity index (χ4v) is 1.77. The number of halogens is 1. The molecule has 0 spiro atoms. The lowest BCUT2D eigenvalue weighted by Gasteiger charge is -2.30. The van der Waals surface area contributed by atoms with Gasteiger partial charge in [0.25, 0.3) is 0 Å². The van der Waals surface area contributed by atoms with Crippen LogP contribution in [0.1, 0.15) is 40.0 Å². The van der Waals surface area contributed by atoms with E-state index >= 15 is 0 Å². The van der Waals surface area contributed by atoms with Crippen LogP contribution in [-0.4, -0.2) is 12.4 Å². The number of rotatable bonds is 5. The van der Waals surface area contributed by atoms with Gasteiger partial charge in [0.2, 0.25) is 0 Å². The van der Waals surface area contributed by atoms with Crippen molar-refractivity contribution in [3.05, 3.63) is 0 Å². The summed E-state index contributed by atoms with van der Waals surface area (Å²) in [6.45, 7) is 7.64. The quantitative estimate of drug-likeness (QED) is 0.665. The van der Waals surface area contributed by atoms with E-state index in [0.29, 0.717) is 5.41 Å². The summed E-state index contributed by atoms with van der Waals surface area (Å²) >= 11 is 5.75. The van der Waals surface area contributed by atoms with Crippen LogP contribution < -0.4 is 5.73 Å². The van der Waals surface area contributed by atoms with Gasteiger partial charge in [0.1, 0.15) is 0 Å². The van der Waals surface area contributed by atoms with Crippen molar-refractivity contribution in [1.29, 1.82) is 0 Å². The van der Waals surface area contributed by atoms with Gasteiger partial charge in [-0.1, -0.05) is 20.8 Å². The Morgan fingerprint density at radius 1 is 1.25 bits per heavy atom. The molecule has 1 nitrogen and oxygen atoms in total. The van der Waals surface area contributed by atoms with Gasteiger partial charge in [-0.05, 0) is 37.1 Å². The van der Waals surface area contributed by atoms with Crippen LogP contribution in [0, 0.1) is 11.3 Å². The van der Waals surface area contributed by atoms with E-state index in [1.54, 1.807) is 0 Å². The number of alkyl halides is 1. The van der Waals surface area contributed by atoms with E-state index in [4.69, 9.17) is 17.3 Å². The molecule has 12 heavy (non-hydrogen) atoms. The predicted octanol–water partition coefficient (Wildman–Crippen LogP) is 3.02. The molecule has 0 saturated carbocycles. The topological polar surface area (TPSA) is 26.0 Å². The zero-order valence-corrected chi connectivity index (χ0v) is 9.32. The Balaban J connectivity index is 3.86. The Hall–Kier alpha value is 0.250. The van der Waals surface area contributed by atoms with E-state index in [9.17, 15) is 0 Å². The van der Waals surface area contributed by atoms with Gasteiger partial charge < -0.3 is 5.73 Å². The van der Waals surface area contributed by atoms with Gasteiger partial charge in [-0.2, -0.15) is 0 Å². The highest BCUT2D eigenvalue weighted by Gasteiger charge is 2.22. The normalized spacial score (nSPS) is 14.8. The Morgan fingerprint density at radius 2 is 1.83 bits per heavy atom. The molecule has 1 unspecified atom stereocenters. The van der Waals surface area contributed by atoms with Crippen molar-refractivity contribution in [2.45, 2.75) is 40.0 Å². The molecule has 0 aliphatic carbocycles. The second kappa shape index (κ2) is 5.82. The van der Waals surface area contributed by atoms with Gasteiger partial charge in [0.05, 0.1) is 0 Å². The van der Waals surface area contributed by atoms with Gasteiger partial charge >= 0.3 is 0 Å². The zero-order chi connectivity index (χ0) is 9.61. The number of hydrogen-bond acceptors (Lipinski definition) is 1. The van der Waals surface area contributed by atoms with Crippen molar-refractivity contribution in [1.82, 2.24) is 0 Å². The highest BCUT2D eigenvalue weighted by atomic mass is 35.5. The van der Waals surface area contributed by atoms with Crippen LogP contribution in [0.3, 0.4) is 0 Å². The Labute approximate surface area is 81.7 Å². The first kappa shape index (κ1) is 12.2. The highest BCUT2D eigenvalue weighted by molar-refractivity contribution is 6.17. The van der Waals surface area contributed by atoms with Crippen LogP contribution in [0.15, 0.2) is 0 Å². The first-order valence-corrected chi connectivity index (χ1v) is 5.32. The van der Waals surface area contributed by atoms with Gasteiger partial charge in [-0.15, -0.1) is 11.6 Å². The molecule has 0 heterocycles. The molecular weight excluding hydrogens is 170 g/mol. The molecule has 2 N–H and O–H groups in total. The summed E-state index contributed by atoms with van der Waals surface area (Å²) in [5.74, 6) is 1.49. The molecule has 0 rings (SSSR count). The van der Waals surface area contributed by atoms with Crippen molar-refractivity contribution < 1.29 is 0 Å². The summed E-state index contributed by atoms with van der Waals surface area (Å²) in [7, 11) is 0. The molecule has 0 saturated heterocycles. The molecule has 0 fully saturated rings. The van der Waals surface area contributed by atoms with E-state index in [0.717, 1.165) is 31.2 Å². The third-order valence-corrected chi connectivity index (χ3v) is 2.66. The van der Waals surface area contributed by atoms with Crippen molar-refractivity contribution in [2.75, 3.05) is 12.4 Å². The Kier molecular flexibility index (Phi) is 5.94. The van der Waals surface area contributed by atoms with Crippen LogP contribution in [0.5, 0.6) is 0 Å². The summed E-state index contributed by atoms with van der Waals surface area (Å²) in [5, 5.41) is 0. The zero-order valence-electron chi connectivity index (χ0n) is 8.57. The Bertz CT molecular complexity index is 107. The van der Waals surface area contributed by atoms with Crippen molar-refractivity contribution in [2.24, 2.45) is 17.1 Å². The third kappa shape index (κ3) is 5.00. The van der Waals surface area contributed by atoms with Crippen molar-refractivity contribution in [3.8, 4) is 0 Å². The summed E-state index contributed by atoms with van der Waals surface area (Å²) in [6, 6.07) is 0. The number of nitrogens with two attached hydrogens (primary N) is 1. The number of hydrogen-bond donors (Lipinski definition) is 1. The highest BCUT2D eigenvalue weighted by Crippen LogP contribution is 2.32. The van der Waals surface area contributed by atoms with Crippen molar-refractivity contribution in [3.63, 3.8) is 0 Å². The molecule has 0 bridgehead atoms. The maximum Gasteiger partial charge on any atom is 0.0226 e. The molecule has 0 amide bonds. The molecule has 0 aromatic heterocycles. The predicted molar refractivity (Wildman–Crippen MR) is 56.6 cm³/mol. The summed E-state index contributed by atoms with van der Waals surface area (Å²) in [5.41, 5.74) is 5.86. The van der Waals surface area contributed by atoms with E-state index in [1.807, 2.05) is 0 Å². The average Bonchev–Trinajstić information content (AvgIpc) is 1.95. The monoisotopic (exact) mass is 191 g/mol. The fourth-order valence-electron chi connectivity index (χ4n) is 1.51. The van der Waals surface area contributed by atoms with Gasteiger partial charge in [-0.3, -0.25) is 0 Å². The fraction of sp³-hybridized carbons (Fsp3) is 1.00. The van der Waals surface area contributed by atoms with Crippen LogP contribution in [0.4, 0.5) is 0 Å². The molecule has 0 aromatic rings. The smallest absolute Gasteiger partial charge is 0.0226 e. The minimum absolute atomic E-state index is 0.379. The lowest BCUT2D eigenvalue weighted by atomic mass is 9.76. The maximum absolute atomic E-state index is 5.75. The van der Waals surface area contributed by atoms with Crippen LogP contribution >= 0.6 is 11.6 Å². The van der Waals surface area contributed by atoms with E-state index in [1.165, 1.54) is 6.42 Å². The molecule has 74 valence electrons. The molecule has 1 atom stereocenters. The molecule has 2 heteroatoms. The lowest BCUT2D eigenvalue weighted by molar-refractivity contribution is 0.217. The minimum atomic E-state index is 0.379. The molecule has 0 radical (unpaired) electrons. The van der Waals surface area contributed by atoms with Crippen LogP contribution in [-0.2, 0) is 0 Å². The van der Waals surface area contributed by atoms with E-state index in [-0.39, 0.29) is 0 Å². The van der Waals surface area contributed by atoms with Gasteiger partial charge in [0.15, 0.2) is 0 Å². The second-order valence-corrected chi connectivity index (χ2v) is 4.85. The standard InChI is InChI=1S/C10H22ClN/c1-10(2,3)9(6-7-11)5-4-8-12/h9H,4-8,12H2,1-3H3. The first-order valence-electron chi connectivity index (χ1n) is 4.78. The van der Waals surface area contributed by atoms with Gasteiger partial charge in [-0.25, -0.2) is 0 Å². The van der Waals surface area contributed by atoms with Gasteiger partial charge in [0, 0.05) is 5.88 Å². The first-order chi connectivity index (χ1) is 5.52. The molecule has 0 aliphatic rings. The average molecular weight is 192 g/mol. The largest absolute Gasteiger partial charge is 0.330 e. The Morgan fingerprint density at radius 3 is 2.17 bits per heavy atom. The van der Waals surface area contributed by atoms with Crippen molar-refractivity contribution >= 4 is 11.6 Å². The summed E-state index contributed by atoms with van der Waals surface area (Å²) in [4.78, 5) is 0. The maximum atomic E-state index is 5.75. The van der Waals surface area contributed by atoms with E-state index < -0.39 is 0 Å². The molecular formula is C10H22ClN. The molecule has 0 aromatic carbocycles. The van der Waals surface area contributed by atoms with Crippen LogP contribution in [0.25, 0.3) is 0 Å². The molecule has 0 aliphatic heterocycles. The minimum Gasteiger partial charge on any atom is -0.330 e.